The second-order valence-corrected chi connectivity index (χ2v) is 3.62. The number of aliphatic hydroxyl groups excluding tert-OH is 1. The predicted octanol–water partition coefficient (Wildman–Crippen LogP) is -1.51. The molecule has 1 aromatic heterocycles. The quantitative estimate of drug-likeness (QED) is 0.548. The summed E-state index contributed by atoms with van der Waals surface area (Å²) in [5.74, 6) is -0.119. The Bertz CT molecular complexity index is 312. The number of aromatic nitrogens is 3. The van der Waals surface area contributed by atoms with Gasteiger partial charge in [0, 0.05) is 25.2 Å². The Morgan fingerprint density at radius 1 is 1.69 bits per heavy atom. The largest absolute Gasteiger partial charge is 0.392 e. The van der Waals surface area contributed by atoms with Crippen LogP contribution in [0.2, 0.25) is 0 Å². The molecule has 0 saturated carbocycles. The number of hydrogen-bond acceptors (Lipinski definition) is 5. The smallest absolute Gasteiger partial charge is 0.221 e. The number of nitrogens with two attached hydrogens (primary N) is 1. The molecule has 1 heterocycles. The summed E-state index contributed by atoms with van der Waals surface area (Å²) in [4.78, 5) is 11.4. The molecule has 2 unspecified atom stereocenters. The van der Waals surface area contributed by atoms with Gasteiger partial charge in [0.1, 0.15) is 0 Å². The number of nitrogens with zero attached hydrogens (tertiary/aromatic N) is 3. The van der Waals surface area contributed by atoms with E-state index in [1.165, 1.54) is 0 Å². The summed E-state index contributed by atoms with van der Waals surface area (Å²) >= 11 is 0. The van der Waals surface area contributed by atoms with E-state index in [9.17, 15) is 4.79 Å². The van der Waals surface area contributed by atoms with Crippen LogP contribution in [0.4, 0.5) is 0 Å². The van der Waals surface area contributed by atoms with Crippen molar-refractivity contribution < 1.29 is 9.90 Å². The van der Waals surface area contributed by atoms with Crippen LogP contribution in [-0.2, 0) is 11.3 Å². The van der Waals surface area contributed by atoms with Crippen LogP contribution in [0.25, 0.3) is 0 Å². The summed E-state index contributed by atoms with van der Waals surface area (Å²) in [7, 11) is 0. The lowest BCUT2D eigenvalue weighted by Gasteiger charge is -2.15. The molecule has 0 saturated heterocycles. The standard InChI is InChI=1S/C9H17N5O2/c1-7(15)8(10)6-11-9(16)2-4-14-5-3-12-13-14/h3,5,7-8,15H,2,4,6,10H2,1H3,(H,11,16). The van der Waals surface area contributed by atoms with E-state index in [2.05, 4.69) is 15.6 Å². The van der Waals surface area contributed by atoms with Crippen molar-refractivity contribution in [2.45, 2.75) is 32.0 Å². The molecule has 7 nitrogen and oxygen atoms in total. The summed E-state index contributed by atoms with van der Waals surface area (Å²) in [5, 5.41) is 19.1. The first kappa shape index (κ1) is 12.6. The zero-order valence-corrected chi connectivity index (χ0v) is 9.21. The van der Waals surface area contributed by atoms with Crippen LogP contribution in [0.3, 0.4) is 0 Å². The summed E-state index contributed by atoms with van der Waals surface area (Å²) in [6, 6.07) is -0.435. The van der Waals surface area contributed by atoms with E-state index < -0.39 is 12.1 Å². The van der Waals surface area contributed by atoms with Crippen LogP contribution in [-0.4, -0.2) is 44.7 Å². The lowest BCUT2D eigenvalue weighted by molar-refractivity contribution is -0.121. The maximum absolute atomic E-state index is 11.4. The molecule has 16 heavy (non-hydrogen) atoms. The van der Waals surface area contributed by atoms with Gasteiger partial charge in [0.15, 0.2) is 0 Å². The van der Waals surface area contributed by atoms with Gasteiger partial charge in [-0.1, -0.05) is 5.21 Å². The minimum Gasteiger partial charge on any atom is -0.392 e. The molecular weight excluding hydrogens is 210 g/mol. The lowest BCUT2D eigenvalue weighted by atomic mass is 10.2. The third-order valence-corrected chi connectivity index (χ3v) is 2.19. The average Bonchev–Trinajstić information content (AvgIpc) is 2.75. The summed E-state index contributed by atoms with van der Waals surface area (Å²) in [6.07, 6.45) is 2.93. The molecule has 4 N–H and O–H groups in total. The molecule has 0 aromatic carbocycles. The number of amides is 1. The van der Waals surface area contributed by atoms with Gasteiger partial charge in [-0.05, 0) is 6.92 Å². The fourth-order valence-corrected chi connectivity index (χ4v) is 1.06. The molecular formula is C9H17N5O2. The number of nitrogens with one attached hydrogen (secondary N) is 1. The topological polar surface area (TPSA) is 106 Å². The Labute approximate surface area is 93.6 Å². The molecule has 7 heteroatoms. The molecule has 0 aliphatic carbocycles. The summed E-state index contributed by atoms with van der Waals surface area (Å²) < 4.78 is 1.58. The number of carbonyl (C=O) groups is 1. The van der Waals surface area contributed by atoms with Crippen molar-refractivity contribution in [3.05, 3.63) is 12.4 Å². The van der Waals surface area contributed by atoms with Crippen LogP contribution in [0, 0.1) is 0 Å². The van der Waals surface area contributed by atoms with Gasteiger partial charge in [-0.3, -0.25) is 9.48 Å². The van der Waals surface area contributed by atoms with E-state index in [4.69, 9.17) is 10.8 Å². The van der Waals surface area contributed by atoms with Gasteiger partial charge in [0.05, 0.1) is 18.8 Å². The van der Waals surface area contributed by atoms with E-state index in [1.54, 1.807) is 24.0 Å². The van der Waals surface area contributed by atoms with Crippen LogP contribution < -0.4 is 11.1 Å². The van der Waals surface area contributed by atoms with Crippen LogP contribution >= 0.6 is 0 Å². The lowest BCUT2D eigenvalue weighted by Crippen LogP contribution is -2.43. The minimum atomic E-state index is -0.629. The Kier molecular flexibility index (Phi) is 4.87. The maximum atomic E-state index is 11.4. The molecule has 1 amide bonds. The van der Waals surface area contributed by atoms with Gasteiger partial charge in [-0.25, -0.2) is 0 Å². The molecule has 1 aromatic rings. The van der Waals surface area contributed by atoms with Gasteiger partial charge in [0.25, 0.3) is 0 Å². The molecule has 0 radical (unpaired) electrons. The highest BCUT2D eigenvalue weighted by Crippen LogP contribution is 1.89. The average molecular weight is 227 g/mol. The second-order valence-electron chi connectivity index (χ2n) is 3.62. The van der Waals surface area contributed by atoms with Crippen LogP contribution in [0.5, 0.6) is 0 Å². The molecule has 0 aliphatic rings. The maximum Gasteiger partial charge on any atom is 0.221 e. The Balaban J connectivity index is 2.16. The van der Waals surface area contributed by atoms with Crippen molar-refractivity contribution in [2.75, 3.05) is 6.54 Å². The highest BCUT2D eigenvalue weighted by molar-refractivity contribution is 5.75. The third kappa shape index (κ3) is 4.37. The van der Waals surface area contributed by atoms with E-state index in [-0.39, 0.29) is 12.5 Å². The highest BCUT2D eigenvalue weighted by atomic mass is 16.3. The van der Waals surface area contributed by atoms with Gasteiger partial charge in [0.2, 0.25) is 5.91 Å². The van der Waals surface area contributed by atoms with Crippen molar-refractivity contribution >= 4 is 5.91 Å². The SMILES string of the molecule is CC(O)C(N)CNC(=O)CCn1ccnn1. The van der Waals surface area contributed by atoms with Crippen molar-refractivity contribution in [3.8, 4) is 0 Å². The number of aliphatic hydroxyl groups is 1. The van der Waals surface area contributed by atoms with Crippen LogP contribution in [0.1, 0.15) is 13.3 Å². The number of hydrogen-bond donors (Lipinski definition) is 3. The summed E-state index contributed by atoms with van der Waals surface area (Å²) in [6.45, 7) is 2.34. The van der Waals surface area contributed by atoms with Gasteiger partial charge in [-0.2, -0.15) is 0 Å². The van der Waals surface area contributed by atoms with Gasteiger partial charge < -0.3 is 16.2 Å². The monoisotopic (exact) mass is 227 g/mol. The number of carbonyl (C=O) groups excluding carboxylic acids is 1. The normalized spacial score (nSPS) is 14.4. The number of rotatable bonds is 6. The Hall–Kier alpha value is -1.47. The molecule has 2 atom stereocenters. The third-order valence-electron chi connectivity index (χ3n) is 2.19. The second kappa shape index (κ2) is 6.19. The molecule has 0 aliphatic heterocycles. The first-order chi connectivity index (χ1) is 7.59. The van der Waals surface area contributed by atoms with Crippen molar-refractivity contribution in [3.63, 3.8) is 0 Å². The molecule has 1 rings (SSSR count). The molecule has 0 fully saturated rings. The fraction of sp³-hybridized carbons (Fsp3) is 0.667. The first-order valence-electron chi connectivity index (χ1n) is 5.14. The van der Waals surface area contributed by atoms with Crippen molar-refractivity contribution in [2.24, 2.45) is 5.73 Å². The minimum absolute atomic E-state index is 0.119. The molecule has 0 bridgehead atoms. The van der Waals surface area contributed by atoms with Crippen LogP contribution in [0.15, 0.2) is 12.4 Å². The predicted molar refractivity (Wildman–Crippen MR) is 57.3 cm³/mol. The van der Waals surface area contributed by atoms with Gasteiger partial charge in [-0.15, -0.1) is 5.10 Å². The number of aryl methyl sites for hydroxylation is 1. The van der Waals surface area contributed by atoms with Gasteiger partial charge >= 0.3 is 0 Å². The summed E-state index contributed by atoms with van der Waals surface area (Å²) in [5.41, 5.74) is 5.56. The van der Waals surface area contributed by atoms with E-state index in [0.29, 0.717) is 13.0 Å². The molecule has 0 spiro atoms. The van der Waals surface area contributed by atoms with Crippen molar-refractivity contribution in [1.82, 2.24) is 20.3 Å². The van der Waals surface area contributed by atoms with E-state index in [1.807, 2.05) is 0 Å². The fourth-order valence-electron chi connectivity index (χ4n) is 1.06. The van der Waals surface area contributed by atoms with Crippen molar-refractivity contribution in [1.29, 1.82) is 0 Å². The Morgan fingerprint density at radius 2 is 2.44 bits per heavy atom. The zero-order valence-electron chi connectivity index (χ0n) is 9.21. The highest BCUT2D eigenvalue weighted by Gasteiger charge is 2.10. The zero-order chi connectivity index (χ0) is 12.0. The van der Waals surface area contributed by atoms with E-state index >= 15 is 0 Å². The Morgan fingerprint density at radius 3 is 3.00 bits per heavy atom. The molecule has 90 valence electrons. The first-order valence-corrected chi connectivity index (χ1v) is 5.14. The van der Waals surface area contributed by atoms with E-state index in [0.717, 1.165) is 0 Å².